The van der Waals surface area contributed by atoms with E-state index in [-0.39, 0.29) is 5.91 Å². The zero-order valence-corrected chi connectivity index (χ0v) is 13.0. The summed E-state index contributed by atoms with van der Waals surface area (Å²) in [6, 6.07) is 9.53. The van der Waals surface area contributed by atoms with Crippen LogP contribution in [0.1, 0.15) is 39.2 Å². The first-order valence-electron chi connectivity index (χ1n) is 7.70. The maximum Gasteiger partial charge on any atom is 0.239 e. The minimum atomic E-state index is -0.438. The standard InChI is InChI=1S/C17H28N2O/c1-4-14(5-2)13-19(6-3)17(20)16(18)12-15-10-8-7-9-11-15/h7-11,14,16H,4-6,12-13,18H2,1-3H3/t16-/m0/s1. The summed E-state index contributed by atoms with van der Waals surface area (Å²) in [5, 5.41) is 0. The van der Waals surface area contributed by atoms with Gasteiger partial charge in [0, 0.05) is 13.1 Å². The Morgan fingerprint density at radius 2 is 1.75 bits per heavy atom. The van der Waals surface area contributed by atoms with Crippen LogP contribution in [0.4, 0.5) is 0 Å². The molecule has 0 radical (unpaired) electrons. The largest absolute Gasteiger partial charge is 0.341 e. The summed E-state index contributed by atoms with van der Waals surface area (Å²) in [4.78, 5) is 14.4. The Balaban J connectivity index is 2.61. The maximum absolute atomic E-state index is 12.4. The van der Waals surface area contributed by atoms with Gasteiger partial charge in [0.15, 0.2) is 0 Å². The Morgan fingerprint density at radius 1 is 1.15 bits per heavy atom. The van der Waals surface area contributed by atoms with Gasteiger partial charge in [0.1, 0.15) is 0 Å². The second-order valence-electron chi connectivity index (χ2n) is 5.36. The zero-order valence-electron chi connectivity index (χ0n) is 13.0. The molecule has 0 bridgehead atoms. The lowest BCUT2D eigenvalue weighted by Crippen LogP contribution is -2.46. The summed E-state index contributed by atoms with van der Waals surface area (Å²) in [6.07, 6.45) is 2.82. The van der Waals surface area contributed by atoms with E-state index in [1.807, 2.05) is 42.2 Å². The number of carbonyl (C=O) groups excluding carboxylic acids is 1. The van der Waals surface area contributed by atoms with E-state index in [1.54, 1.807) is 0 Å². The third-order valence-electron chi connectivity index (χ3n) is 3.94. The summed E-state index contributed by atoms with van der Waals surface area (Å²) in [7, 11) is 0. The van der Waals surface area contributed by atoms with Crippen LogP contribution >= 0.6 is 0 Å². The van der Waals surface area contributed by atoms with Crippen molar-refractivity contribution in [2.24, 2.45) is 11.7 Å². The number of rotatable bonds is 8. The molecule has 2 N–H and O–H groups in total. The third kappa shape index (κ3) is 4.97. The van der Waals surface area contributed by atoms with E-state index in [1.165, 1.54) is 0 Å². The molecule has 20 heavy (non-hydrogen) atoms. The predicted molar refractivity (Wildman–Crippen MR) is 84.4 cm³/mol. The number of hydrogen-bond donors (Lipinski definition) is 1. The average molecular weight is 276 g/mol. The Bertz CT molecular complexity index is 387. The number of hydrogen-bond acceptors (Lipinski definition) is 2. The molecule has 0 unspecified atom stereocenters. The normalized spacial score (nSPS) is 12.4. The Hall–Kier alpha value is -1.35. The highest BCUT2D eigenvalue weighted by atomic mass is 16.2. The molecule has 3 nitrogen and oxygen atoms in total. The first-order valence-corrected chi connectivity index (χ1v) is 7.70. The molecule has 0 aliphatic carbocycles. The van der Waals surface area contributed by atoms with E-state index in [4.69, 9.17) is 5.73 Å². The molecule has 1 aromatic rings. The summed E-state index contributed by atoms with van der Waals surface area (Å²) in [5.74, 6) is 0.645. The van der Waals surface area contributed by atoms with Crippen molar-refractivity contribution in [2.75, 3.05) is 13.1 Å². The second kappa shape index (κ2) is 8.75. The third-order valence-corrected chi connectivity index (χ3v) is 3.94. The van der Waals surface area contributed by atoms with E-state index in [2.05, 4.69) is 13.8 Å². The number of benzene rings is 1. The van der Waals surface area contributed by atoms with Crippen molar-refractivity contribution in [1.29, 1.82) is 0 Å². The number of nitrogens with two attached hydrogens (primary N) is 1. The molecule has 1 rings (SSSR count). The van der Waals surface area contributed by atoms with Gasteiger partial charge in [-0.25, -0.2) is 0 Å². The first-order chi connectivity index (χ1) is 9.62. The van der Waals surface area contributed by atoms with E-state index in [9.17, 15) is 4.79 Å². The summed E-state index contributed by atoms with van der Waals surface area (Å²) < 4.78 is 0. The molecule has 0 heterocycles. The molecule has 0 saturated heterocycles. The summed E-state index contributed by atoms with van der Waals surface area (Å²) >= 11 is 0. The van der Waals surface area contributed by atoms with Gasteiger partial charge in [-0.2, -0.15) is 0 Å². The molecule has 112 valence electrons. The monoisotopic (exact) mass is 276 g/mol. The van der Waals surface area contributed by atoms with Crippen LogP contribution in [-0.2, 0) is 11.2 Å². The number of nitrogens with zero attached hydrogens (tertiary/aromatic N) is 1. The van der Waals surface area contributed by atoms with E-state index < -0.39 is 6.04 Å². The fourth-order valence-corrected chi connectivity index (χ4v) is 2.42. The quantitative estimate of drug-likeness (QED) is 0.793. The van der Waals surface area contributed by atoms with Gasteiger partial charge in [-0.15, -0.1) is 0 Å². The molecule has 0 aliphatic rings. The molecule has 0 aliphatic heterocycles. The van der Waals surface area contributed by atoms with Gasteiger partial charge in [0.2, 0.25) is 5.91 Å². The lowest BCUT2D eigenvalue weighted by molar-refractivity contribution is -0.133. The van der Waals surface area contributed by atoms with Crippen LogP contribution in [0.5, 0.6) is 0 Å². The first kappa shape index (κ1) is 16.7. The van der Waals surface area contributed by atoms with Gasteiger partial charge in [-0.1, -0.05) is 57.0 Å². The van der Waals surface area contributed by atoms with Crippen LogP contribution in [-0.4, -0.2) is 29.9 Å². The zero-order chi connectivity index (χ0) is 15.0. The van der Waals surface area contributed by atoms with Crippen LogP contribution in [0.25, 0.3) is 0 Å². The van der Waals surface area contributed by atoms with E-state index >= 15 is 0 Å². The maximum atomic E-state index is 12.4. The predicted octanol–water partition coefficient (Wildman–Crippen LogP) is 2.84. The van der Waals surface area contributed by atoms with Crippen LogP contribution in [0, 0.1) is 5.92 Å². The number of likely N-dealkylation sites (N-methyl/N-ethyl adjacent to an activating group) is 1. The Labute approximate surface area is 123 Å². The second-order valence-corrected chi connectivity index (χ2v) is 5.36. The molecule has 1 atom stereocenters. The van der Waals surface area contributed by atoms with Gasteiger partial charge in [-0.3, -0.25) is 4.79 Å². The van der Waals surface area contributed by atoms with Crippen molar-refractivity contribution in [2.45, 2.75) is 46.1 Å². The lowest BCUT2D eigenvalue weighted by atomic mass is 10.0. The van der Waals surface area contributed by atoms with Crippen molar-refractivity contribution in [3.05, 3.63) is 35.9 Å². The fourth-order valence-electron chi connectivity index (χ4n) is 2.42. The number of amides is 1. The van der Waals surface area contributed by atoms with Crippen molar-refractivity contribution >= 4 is 5.91 Å². The van der Waals surface area contributed by atoms with Gasteiger partial charge >= 0.3 is 0 Å². The average Bonchev–Trinajstić information content (AvgIpc) is 2.49. The van der Waals surface area contributed by atoms with Crippen LogP contribution in [0.3, 0.4) is 0 Å². The van der Waals surface area contributed by atoms with Gasteiger partial charge in [-0.05, 0) is 24.8 Å². The molecule has 0 spiro atoms. The van der Waals surface area contributed by atoms with Crippen LogP contribution in [0.2, 0.25) is 0 Å². The fraction of sp³-hybridized carbons (Fsp3) is 0.588. The van der Waals surface area contributed by atoms with Gasteiger partial charge < -0.3 is 10.6 Å². The molecular weight excluding hydrogens is 248 g/mol. The molecule has 3 heteroatoms. The molecule has 1 aromatic carbocycles. The van der Waals surface area contributed by atoms with Crippen molar-refractivity contribution in [3.8, 4) is 0 Å². The SMILES string of the molecule is CCC(CC)CN(CC)C(=O)[C@@H](N)Cc1ccccc1. The van der Waals surface area contributed by atoms with Crippen molar-refractivity contribution in [3.63, 3.8) is 0 Å². The smallest absolute Gasteiger partial charge is 0.239 e. The molecular formula is C17H28N2O. The number of carbonyl (C=O) groups is 1. The molecule has 0 aromatic heterocycles. The summed E-state index contributed by atoms with van der Waals surface area (Å²) in [6.45, 7) is 7.94. The molecule has 1 amide bonds. The lowest BCUT2D eigenvalue weighted by Gasteiger charge is -2.28. The topological polar surface area (TPSA) is 46.3 Å². The van der Waals surface area contributed by atoms with Crippen molar-refractivity contribution in [1.82, 2.24) is 4.90 Å². The van der Waals surface area contributed by atoms with E-state index in [0.29, 0.717) is 12.3 Å². The highest BCUT2D eigenvalue weighted by Crippen LogP contribution is 2.11. The molecule has 0 saturated carbocycles. The minimum absolute atomic E-state index is 0.0725. The molecule has 0 fully saturated rings. The Morgan fingerprint density at radius 3 is 2.25 bits per heavy atom. The van der Waals surface area contributed by atoms with Gasteiger partial charge in [0.25, 0.3) is 0 Å². The highest BCUT2D eigenvalue weighted by molar-refractivity contribution is 5.82. The van der Waals surface area contributed by atoms with Crippen molar-refractivity contribution < 1.29 is 4.79 Å². The van der Waals surface area contributed by atoms with E-state index in [0.717, 1.165) is 31.5 Å². The Kier molecular flexibility index (Phi) is 7.31. The van der Waals surface area contributed by atoms with Crippen LogP contribution in [0.15, 0.2) is 30.3 Å². The summed E-state index contributed by atoms with van der Waals surface area (Å²) in [5.41, 5.74) is 7.21. The minimum Gasteiger partial charge on any atom is -0.341 e. The van der Waals surface area contributed by atoms with Crippen LogP contribution < -0.4 is 5.73 Å². The van der Waals surface area contributed by atoms with Gasteiger partial charge in [0.05, 0.1) is 6.04 Å². The highest BCUT2D eigenvalue weighted by Gasteiger charge is 2.21.